The zero-order valence-corrected chi connectivity index (χ0v) is 12.6. The third kappa shape index (κ3) is 2.02. The molecular formula is C17H18N2O3. The Hall–Kier alpha value is -2.53. The summed E-state index contributed by atoms with van der Waals surface area (Å²) in [6, 6.07) is 12.7. The van der Waals surface area contributed by atoms with Crippen LogP contribution in [0.15, 0.2) is 42.5 Å². The summed E-state index contributed by atoms with van der Waals surface area (Å²) < 4.78 is 10.9. The molecule has 0 bridgehead atoms. The highest BCUT2D eigenvalue weighted by molar-refractivity contribution is 6.08. The first kappa shape index (κ1) is 14.4. The average molecular weight is 298 g/mol. The number of rotatable bonds is 4. The number of hydrogen-bond acceptors (Lipinski definition) is 4. The molecule has 5 heteroatoms. The molecule has 0 saturated heterocycles. The van der Waals surface area contributed by atoms with Crippen LogP contribution in [0.2, 0.25) is 0 Å². The third-order valence-corrected chi connectivity index (χ3v) is 3.87. The highest BCUT2D eigenvalue weighted by atomic mass is 16.5. The molecule has 1 unspecified atom stereocenters. The van der Waals surface area contributed by atoms with Gasteiger partial charge in [-0.1, -0.05) is 18.2 Å². The van der Waals surface area contributed by atoms with Crippen LogP contribution < -0.4 is 20.5 Å². The molecule has 0 radical (unpaired) electrons. The van der Waals surface area contributed by atoms with Crippen molar-refractivity contribution in [3.8, 4) is 11.5 Å². The van der Waals surface area contributed by atoms with E-state index in [0.717, 1.165) is 0 Å². The van der Waals surface area contributed by atoms with E-state index < -0.39 is 5.54 Å². The molecule has 0 fully saturated rings. The van der Waals surface area contributed by atoms with E-state index in [4.69, 9.17) is 15.2 Å². The van der Waals surface area contributed by atoms with Gasteiger partial charge in [0.05, 0.1) is 13.7 Å². The van der Waals surface area contributed by atoms with Gasteiger partial charge in [-0.05, 0) is 31.2 Å². The van der Waals surface area contributed by atoms with Crippen molar-refractivity contribution >= 4 is 11.6 Å². The molecule has 0 aromatic heterocycles. The average Bonchev–Trinajstić information content (AvgIpc) is 2.80. The normalized spacial score (nSPS) is 19.5. The Morgan fingerprint density at radius 2 is 1.95 bits per heavy atom. The minimum absolute atomic E-state index is 0.275. The molecule has 0 spiro atoms. The summed E-state index contributed by atoms with van der Waals surface area (Å²) in [5.74, 6) is 0.986. The number of carbonyl (C=O) groups excluding carboxylic acids is 1. The number of methoxy groups -OCH3 is 1. The Bertz CT molecular complexity index is 730. The highest BCUT2D eigenvalue weighted by Gasteiger charge is 2.47. The van der Waals surface area contributed by atoms with Gasteiger partial charge in [-0.15, -0.1) is 0 Å². The summed E-state index contributed by atoms with van der Waals surface area (Å²) in [6.07, 6.45) is 0. The third-order valence-electron chi connectivity index (χ3n) is 3.87. The SMILES string of the molecule is CCOc1ccccc1C1(N)C(=O)Nc2ccc(OC)cc21. The zero-order chi connectivity index (χ0) is 15.7. The number of anilines is 1. The van der Waals surface area contributed by atoms with Gasteiger partial charge in [-0.3, -0.25) is 4.79 Å². The number of fused-ring (bicyclic) bond motifs is 1. The maximum Gasteiger partial charge on any atom is 0.253 e. The van der Waals surface area contributed by atoms with Crippen molar-refractivity contribution in [3.63, 3.8) is 0 Å². The van der Waals surface area contributed by atoms with Gasteiger partial charge in [0.25, 0.3) is 5.91 Å². The number of nitrogens with one attached hydrogen (secondary N) is 1. The van der Waals surface area contributed by atoms with Crippen LogP contribution in [-0.2, 0) is 10.3 Å². The van der Waals surface area contributed by atoms with E-state index in [1.165, 1.54) is 0 Å². The van der Waals surface area contributed by atoms with Gasteiger partial charge < -0.3 is 20.5 Å². The van der Waals surface area contributed by atoms with E-state index in [0.29, 0.717) is 34.9 Å². The minimum Gasteiger partial charge on any atom is -0.497 e. The van der Waals surface area contributed by atoms with Crippen LogP contribution in [0, 0.1) is 0 Å². The maximum absolute atomic E-state index is 12.6. The first-order valence-corrected chi connectivity index (χ1v) is 7.12. The van der Waals surface area contributed by atoms with Gasteiger partial charge >= 0.3 is 0 Å². The fraction of sp³-hybridized carbons (Fsp3) is 0.235. The smallest absolute Gasteiger partial charge is 0.253 e. The minimum atomic E-state index is -1.30. The topological polar surface area (TPSA) is 73.6 Å². The van der Waals surface area contributed by atoms with Crippen molar-refractivity contribution in [2.75, 3.05) is 19.0 Å². The number of carbonyl (C=O) groups is 1. The van der Waals surface area contributed by atoms with Crippen LogP contribution in [0.25, 0.3) is 0 Å². The van der Waals surface area contributed by atoms with Crippen LogP contribution >= 0.6 is 0 Å². The lowest BCUT2D eigenvalue weighted by Crippen LogP contribution is -2.44. The first-order chi connectivity index (χ1) is 10.6. The molecule has 5 nitrogen and oxygen atoms in total. The van der Waals surface area contributed by atoms with Crippen LogP contribution in [0.4, 0.5) is 5.69 Å². The van der Waals surface area contributed by atoms with Crippen LogP contribution in [0.5, 0.6) is 11.5 Å². The highest BCUT2D eigenvalue weighted by Crippen LogP contribution is 2.43. The largest absolute Gasteiger partial charge is 0.497 e. The molecule has 0 aliphatic carbocycles. The van der Waals surface area contributed by atoms with E-state index in [2.05, 4.69) is 5.32 Å². The van der Waals surface area contributed by atoms with Gasteiger partial charge in [-0.25, -0.2) is 0 Å². The van der Waals surface area contributed by atoms with Crippen molar-refractivity contribution in [3.05, 3.63) is 53.6 Å². The Labute approximate surface area is 129 Å². The molecule has 3 N–H and O–H groups in total. The second kappa shape index (κ2) is 5.35. The van der Waals surface area contributed by atoms with Crippen molar-refractivity contribution in [1.29, 1.82) is 0 Å². The van der Waals surface area contributed by atoms with E-state index in [1.807, 2.05) is 31.2 Å². The molecule has 3 rings (SSSR count). The Kier molecular flexibility index (Phi) is 3.50. The van der Waals surface area contributed by atoms with Gasteiger partial charge in [0.15, 0.2) is 5.54 Å². The monoisotopic (exact) mass is 298 g/mol. The molecule has 2 aromatic rings. The second-order valence-electron chi connectivity index (χ2n) is 5.10. The predicted molar refractivity (Wildman–Crippen MR) is 84.2 cm³/mol. The first-order valence-electron chi connectivity index (χ1n) is 7.12. The fourth-order valence-corrected chi connectivity index (χ4v) is 2.77. The number of ether oxygens (including phenoxy) is 2. The van der Waals surface area contributed by atoms with E-state index in [1.54, 1.807) is 25.3 Å². The van der Waals surface area contributed by atoms with Crippen LogP contribution in [0.3, 0.4) is 0 Å². The van der Waals surface area contributed by atoms with E-state index >= 15 is 0 Å². The predicted octanol–water partition coefficient (Wildman–Crippen LogP) is 2.25. The summed E-state index contributed by atoms with van der Waals surface area (Å²) in [5.41, 5.74) is 7.27. The lowest BCUT2D eigenvalue weighted by atomic mass is 9.84. The van der Waals surface area contributed by atoms with Crippen molar-refractivity contribution < 1.29 is 14.3 Å². The molecule has 1 amide bonds. The fourth-order valence-electron chi connectivity index (χ4n) is 2.77. The Morgan fingerprint density at radius 3 is 2.68 bits per heavy atom. The summed E-state index contributed by atoms with van der Waals surface area (Å²) in [4.78, 5) is 12.6. The van der Waals surface area contributed by atoms with Crippen LogP contribution in [-0.4, -0.2) is 19.6 Å². The van der Waals surface area contributed by atoms with E-state index in [-0.39, 0.29) is 5.91 Å². The second-order valence-corrected chi connectivity index (χ2v) is 5.10. The van der Waals surface area contributed by atoms with Crippen LogP contribution in [0.1, 0.15) is 18.1 Å². The zero-order valence-electron chi connectivity index (χ0n) is 12.6. The molecule has 1 heterocycles. The molecule has 22 heavy (non-hydrogen) atoms. The van der Waals surface area contributed by atoms with Crippen molar-refractivity contribution in [2.45, 2.75) is 12.5 Å². The molecule has 1 aliphatic heterocycles. The van der Waals surface area contributed by atoms with Gasteiger partial charge in [-0.2, -0.15) is 0 Å². The number of benzene rings is 2. The maximum atomic E-state index is 12.6. The summed E-state index contributed by atoms with van der Waals surface area (Å²) in [5, 5.41) is 2.83. The molecule has 1 atom stereocenters. The lowest BCUT2D eigenvalue weighted by Gasteiger charge is -2.25. The Morgan fingerprint density at radius 1 is 1.18 bits per heavy atom. The standard InChI is InChI=1S/C17H18N2O3/c1-3-22-15-7-5-4-6-12(15)17(18)13-10-11(21-2)8-9-14(13)19-16(17)20/h4-10H,3,18H2,1-2H3,(H,19,20). The molecule has 2 aromatic carbocycles. The molecule has 0 saturated carbocycles. The molecule has 114 valence electrons. The summed E-state index contributed by atoms with van der Waals surface area (Å²) >= 11 is 0. The number of para-hydroxylation sites is 1. The van der Waals surface area contributed by atoms with Gasteiger partial charge in [0.1, 0.15) is 11.5 Å². The molecule has 1 aliphatic rings. The van der Waals surface area contributed by atoms with E-state index in [9.17, 15) is 4.79 Å². The van der Waals surface area contributed by atoms with Gasteiger partial charge in [0.2, 0.25) is 0 Å². The van der Waals surface area contributed by atoms with Crippen molar-refractivity contribution in [1.82, 2.24) is 0 Å². The lowest BCUT2D eigenvalue weighted by molar-refractivity contribution is -0.119. The van der Waals surface area contributed by atoms with Crippen molar-refractivity contribution in [2.24, 2.45) is 5.73 Å². The number of hydrogen-bond donors (Lipinski definition) is 2. The summed E-state index contributed by atoms with van der Waals surface area (Å²) in [7, 11) is 1.58. The summed E-state index contributed by atoms with van der Waals surface area (Å²) in [6.45, 7) is 2.39. The quantitative estimate of drug-likeness (QED) is 0.908. The molecular weight excluding hydrogens is 280 g/mol. The Balaban J connectivity index is 2.20. The van der Waals surface area contributed by atoms with Gasteiger partial charge in [0, 0.05) is 16.8 Å². The number of amides is 1. The number of nitrogens with two attached hydrogens (primary N) is 1.